The lowest BCUT2D eigenvalue weighted by atomic mass is 10.1. The van der Waals surface area contributed by atoms with Crippen LogP contribution in [0.3, 0.4) is 0 Å². The molecule has 4 nitrogen and oxygen atoms in total. The third-order valence-electron chi connectivity index (χ3n) is 2.71. The fourth-order valence-electron chi connectivity index (χ4n) is 1.78. The summed E-state index contributed by atoms with van der Waals surface area (Å²) in [4.78, 5) is 8.89. The van der Waals surface area contributed by atoms with E-state index in [1.54, 1.807) is 6.20 Å². The molecule has 0 saturated carbocycles. The molecule has 1 aromatic carbocycles. The molecular formula is C14H17ClN4. The SMILES string of the molecule is CCc1ncc(NCCN)c(-c2cccc(Cl)c2)n1. The Hall–Kier alpha value is -1.65. The Morgan fingerprint density at radius 3 is 2.89 bits per heavy atom. The van der Waals surface area contributed by atoms with Crippen molar-refractivity contribution in [2.75, 3.05) is 18.4 Å². The van der Waals surface area contributed by atoms with Crippen LogP contribution in [-0.4, -0.2) is 23.1 Å². The molecule has 1 heterocycles. The predicted octanol–water partition coefficient (Wildman–Crippen LogP) is 2.73. The number of rotatable bonds is 5. The first-order valence-electron chi connectivity index (χ1n) is 6.30. The average molecular weight is 277 g/mol. The number of halogens is 1. The van der Waals surface area contributed by atoms with E-state index >= 15 is 0 Å². The van der Waals surface area contributed by atoms with Gasteiger partial charge >= 0.3 is 0 Å². The minimum atomic E-state index is 0.560. The predicted molar refractivity (Wildman–Crippen MR) is 79.4 cm³/mol. The van der Waals surface area contributed by atoms with Gasteiger partial charge in [-0.2, -0.15) is 0 Å². The molecule has 2 rings (SSSR count). The number of nitrogens with one attached hydrogen (secondary N) is 1. The highest BCUT2D eigenvalue weighted by Gasteiger charge is 2.09. The minimum absolute atomic E-state index is 0.560. The van der Waals surface area contributed by atoms with Gasteiger partial charge in [0.1, 0.15) is 5.82 Å². The van der Waals surface area contributed by atoms with Gasteiger partial charge in [0.2, 0.25) is 0 Å². The smallest absolute Gasteiger partial charge is 0.128 e. The first kappa shape index (κ1) is 13.8. The van der Waals surface area contributed by atoms with Crippen LogP contribution in [0.15, 0.2) is 30.5 Å². The topological polar surface area (TPSA) is 63.8 Å². The lowest BCUT2D eigenvalue weighted by Crippen LogP contribution is -2.14. The van der Waals surface area contributed by atoms with Crippen molar-refractivity contribution in [1.29, 1.82) is 0 Å². The Morgan fingerprint density at radius 2 is 2.21 bits per heavy atom. The third-order valence-corrected chi connectivity index (χ3v) is 2.95. The molecule has 0 aliphatic rings. The zero-order chi connectivity index (χ0) is 13.7. The highest BCUT2D eigenvalue weighted by atomic mass is 35.5. The summed E-state index contributed by atoms with van der Waals surface area (Å²) in [5, 5.41) is 3.93. The average Bonchev–Trinajstić information content (AvgIpc) is 2.45. The molecule has 100 valence electrons. The summed E-state index contributed by atoms with van der Waals surface area (Å²) in [7, 11) is 0. The molecule has 0 atom stereocenters. The van der Waals surface area contributed by atoms with Crippen LogP contribution in [0.5, 0.6) is 0 Å². The minimum Gasteiger partial charge on any atom is -0.381 e. The van der Waals surface area contributed by atoms with Crippen LogP contribution in [0.25, 0.3) is 11.3 Å². The lowest BCUT2D eigenvalue weighted by Gasteiger charge is -2.11. The molecule has 0 saturated heterocycles. The molecular weight excluding hydrogens is 260 g/mol. The van der Waals surface area contributed by atoms with Crippen molar-refractivity contribution in [2.24, 2.45) is 5.73 Å². The molecule has 0 aliphatic carbocycles. The van der Waals surface area contributed by atoms with Gasteiger partial charge in [-0.25, -0.2) is 9.97 Å². The quantitative estimate of drug-likeness (QED) is 0.881. The van der Waals surface area contributed by atoms with Crippen LogP contribution in [0.2, 0.25) is 5.02 Å². The lowest BCUT2D eigenvalue weighted by molar-refractivity contribution is 0.937. The summed E-state index contributed by atoms with van der Waals surface area (Å²) >= 11 is 6.04. The number of aryl methyl sites for hydroxylation is 1. The van der Waals surface area contributed by atoms with Gasteiger partial charge in [-0.15, -0.1) is 0 Å². The molecule has 2 aromatic rings. The molecule has 19 heavy (non-hydrogen) atoms. The highest BCUT2D eigenvalue weighted by molar-refractivity contribution is 6.30. The first-order chi connectivity index (χ1) is 9.24. The van der Waals surface area contributed by atoms with E-state index in [0.29, 0.717) is 18.1 Å². The Morgan fingerprint density at radius 1 is 1.37 bits per heavy atom. The fraction of sp³-hybridized carbons (Fsp3) is 0.286. The van der Waals surface area contributed by atoms with Crippen molar-refractivity contribution >= 4 is 17.3 Å². The Bertz CT molecular complexity index is 557. The van der Waals surface area contributed by atoms with E-state index in [-0.39, 0.29) is 0 Å². The number of benzene rings is 1. The molecule has 5 heteroatoms. The number of nitrogens with zero attached hydrogens (tertiary/aromatic N) is 2. The number of nitrogens with two attached hydrogens (primary N) is 1. The summed E-state index contributed by atoms with van der Waals surface area (Å²) in [6.45, 7) is 3.27. The second-order valence-electron chi connectivity index (χ2n) is 4.13. The summed E-state index contributed by atoms with van der Waals surface area (Å²) in [5.41, 5.74) is 8.24. The zero-order valence-corrected chi connectivity index (χ0v) is 11.6. The maximum atomic E-state index is 6.04. The van der Waals surface area contributed by atoms with Crippen molar-refractivity contribution in [3.63, 3.8) is 0 Å². The molecule has 0 spiro atoms. The number of aromatic nitrogens is 2. The van der Waals surface area contributed by atoms with Gasteiger partial charge in [-0.1, -0.05) is 30.7 Å². The van der Waals surface area contributed by atoms with E-state index < -0.39 is 0 Å². The summed E-state index contributed by atoms with van der Waals surface area (Å²) < 4.78 is 0. The molecule has 1 aromatic heterocycles. The van der Waals surface area contributed by atoms with Crippen LogP contribution in [-0.2, 0) is 6.42 Å². The van der Waals surface area contributed by atoms with Gasteiger partial charge in [-0.05, 0) is 12.1 Å². The second-order valence-corrected chi connectivity index (χ2v) is 4.56. The highest BCUT2D eigenvalue weighted by Crippen LogP contribution is 2.27. The van der Waals surface area contributed by atoms with E-state index in [9.17, 15) is 0 Å². The van der Waals surface area contributed by atoms with Gasteiger partial charge in [0.15, 0.2) is 0 Å². The molecule has 0 bridgehead atoms. The van der Waals surface area contributed by atoms with Gasteiger partial charge in [0.05, 0.1) is 17.6 Å². The molecule has 0 amide bonds. The standard InChI is InChI=1S/C14H17ClN4/c1-2-13-18-9-12(17-7-6-16)14(19-13)10-4-3-5-11(15)8-10/h3-5,8-9,17H,2,6-7,16H2,1H3. The van der Waals surface area contributed by atoms with Crippen molar-refractivity contribution in [2.45, 2.75) is 13.3 Å². The molecule has 0 unspecified atom stereocenters. The van der Waals surface area contributed by atoms with Crippen LogP contribution in [0, 0.1) is 0 Å². The Balaban J connectivity index is 2.45. The largest absolute Gasteiger partial charge is 0.381 e. The van der Waals surface area contributed by atoms with E-state index in [1.807, 2.05) is 31.2 Å². The van der Waals surface area contributed by atoms with E-state index in [0.717, 1.165) is 29.2 Å². The molecule has 0 radical (unpaired) electrons. The van der Waals surface area contributed by atoms with E-state index in [4.69, 9.17) is 17.3 Å². The number of hydrogen-bond donors (Lipinski definition) is 2. The molecule has 0 fully saturated rings. The fourth-order valence-corrected chi connectivity index (χ4v) is 1.97. The third kappa shape index (κ3) is 3.43. The van der Waals surface area contributed by atoms with Crippen molar-refractivity contribution in [3.8, 4) is 11.3 Å². The molecule has 0 aliphatic heterocycles. The normalized spacial score (nSPS) is 10.5. The molecule has 3 N–H and O–H groups in total. The van der Waals surface area contributed by atoms with Crippen molar-refractivity contribution in [1.82, 2.24) is 9.97 Å². The summed E-state index contributed by atoms with van der Waals surface area (Å²) in [6, 6.07) is 7.65. The maximum absolute atomic E-state index is 6.04. The number of anilines is 1. The van der Waals surface area contributed by atoms with Crippen LogP contribution < -0.4 is 11.1 Å². The van der Waals surface area contributed by atoms with E-state index in [2.05, 4.69) is 15.3 Å². The summed E-state index contributed by atoms with van der Waals surface area (Å²) in [5.74, 6) is 0.813. The van der Waals surface area contributed by atoms with Gasteiger partial charge < -0.3 is 11.1 Å². The van der Waals surface area contributed by atoms with E-state index in [1.165, 1.54) is 0 Å². The monoisotopic (exact) mass is 276 g/mol. The van der Waals surface area contributed by atoms with Crippen LogP contribution in [0.4, 0.5) is 5.69 Å². The second kappa shape index (κ2) is 6.50. The van der Waals surface area contributed by atoms with Gasteiger partial charge in [0.25, 0.3) is 0 Å². The first-order valence-corrected chi connectivity index (χ1v) is 6.68. The Labute approximate surface area is 118 Å². The van der Waals surface area contributed by atoms with Gasteiger partial charge in [0, 0.05) is 30.1 Å². The van der Waals surface area contributed by atoms with Gasteiger partial charge in [-0.3, -0.25) is 0 Å². The van der Waals surface area contributed by atoms with Crippen LogP contribution >= 0.6 is 11.6 Å². The van der Waals surface area contributed by atoms with Crippen LogP contribution in [0.1, 0.15) is 12.7 Å². The summed E-state index contributed by atoms with van der Waals surface area (Å²) in [6.07, 6.45) is 2.60. The maximum Gasteiger partial charge on any atom is 0.128 e. The number of hydrogen-bond acceptors (Lipinski definition) is 4. The Kier molecular flexibility index (Phi) is 4.71. The van der Waals surface area contributed by atoms with Crippen molar-refractivity contribution in [3.05, 3.63) is 41.3 Å². The zero-order valence-electron chi connectivity index (χ0n) is 10.9. The van der Waals surface area contributed by atoms with Crippen molar-refractivity contribution < 1.29 is 0 Å².